The molecule has 1 heterocycles. The minimum atomic E-state index is 0.145. The van der Waals surface area contributed by atoms with Crippen molar-refractivity contribution >= 4 is 5.91 Å². The largest absolute Gasteiger partial charge is 0.396 e. The molecule has 1 rings (SSSR count). The number of carbonyl (C=O) groups excluding carboxylic acids is 1. The third-order valence-electron chi connectivity index (χ3n) is 3.60. The van der Waals surface area contributed by atoms with Gasteiger partial charge in [-0.1, -0.05) is 13.8 Å². The number of hydrogen-bond acceptors (Lipinski definition) is 3. The van der Waals surface area contributed by atoms with Crippen LogP contribution in [-0.4, -0.2) is 48.2 Å². The maximum Gasteiger partial charge on any atom is 0.219 e. The van der Waals surface area contributed by atoms with Crippen LogP contribution in [0.2, 0.25) is 0 Å². The van der Waals surface area contributed by atoms with Crippen molar-refractivity contribution in [1.82, 2.24) is 10.2 Å². The van der Waals surface area contributed by atoms with E-state index in [4.69, 9.17) is 5.11 Å². The van der Waals surface area contributed by atoms with Crippen LogP contribution in [0.25, 0.3) is 0 Å². The highest BCUT2D eigenvalue weighted by Crippen LogP contribution is 2.19. The highest BCUT2D eigenvalue weighted by molar-refractivity contribution is 5.73. The second-order valence-electron chi connectivity index (χ2n) is 5.80. The van der Waals surface area contributed by atoms with E-state index in [1.165, 1.54) is 0 Å². The highest BCUT2D eigenvalue weighted by atomic mass is 16.3. The standard InChI is InChI=1S/C13H26N2O2/c1-11(17)15-7-4-12(5-8-15)14-10-13(2,3)6-9-16/h12,14,16H,4-10H2,1-3H3. The summed E-state index contributed by atoms with van der Waals surface area (Å²) >= 11 is 0. The van der Waals surface area contributed by atoms with Crippen molar-refractivity contribution in [2.75, 3.05) is 26.2 Å². The lowest BCUT2D eigenvalue weighted by Crippen LogP contribution is -2.46. The van der Waals surface area contributed by atoms with Gasteiger partial charge < -0.3 is 15.3 Å². The number of aliphatic hydroxyl groups is 1. The van der Waals surface area contributed by atoms with E-state index >= 15 is 0 Å². The normalized spacial score (nSPS) is 18.5. The molecule has 1 aliphatic heterocycles. The van der Waals surface area contributed by atoms with Crippen molar-refractivity contribution in [1.29, 1.82) is 0 Å². The number of likely N-dealkylation sites (tertiary alicyclic amines) is 1. The van der Waals surface area contributed by atoms with E-state index in [0.29, 0.717) is 6.04 Å². The van der Waals surface area contributed by atoms with E-state index < -0.39 is 0 Å². The van der Waals surface area contributed by atoms with Gasteiger partial charge in [0.1, 0.15) is 0 Å². The van der Waals surface area contributed by atoms with Crippen molar-refractivity contribution < 1.29 is 9.90 Å². The van der Waals surface area contributed by atoms with E-state index in [9.17, 15) is 4.79 Å². The van der Waals surface area contributed by atoms with E-state index in [-0.39, 0.29) is 17.9 Å². The van der Waals surface area contributed by atoms with Crippen LogP contribution in [0.5, 0.6) is 0 Å². The van der Waals surface area contributed by atoms with Crippen LogP contribution in [0.15, 0.2) is 0 Å². The van der Waals surface area contributed by atoms with Crippen LogP contribution in [0, 0.1) is 5.41 Å². The topological polar surface area (TPSA) is 52.6 Å². The summed E-state index contributed by atoms with van der Waals surface area (Å²) in [6.07, 6.45) is 2.90. The Labute approximate surface area is 104 Å². The molecule has 100 valence electrons. The fraction of sp³-hybridized carbons (Fsp3) is 0.923. The van der Waals surface area contributed by atoms with Crippen molar-refractivity contribution in [3.63, 3.8) is 0 Å². The fourth-order valence-corrected chi connectivity index (χ4v) is 2.21. The summed E-state index contributed by atoms with van der Waals surface area (Å²) in [5, 5.41) is 12.5. The van der Waals surface area contributed by atoms with Crippen molar-refractivity contribution in [3.8, 4) is 0 Å². The van der Waals surface area contributed by atoms with Gasteiger partial charge in [0.2, 0.25) is 5.91 Å². The van der Waals surface area contributed by atoms with Crippen molar-refractivity contribution in [2.45, 2.75) is 46.1 Å². The zero-order valence-electron chi connectivity index (χ0n) is 11.3. The molecule has 0 aromatic carbocycles. The van der Waals surface area contributed by atoms with Crippen molar-refractivity contribution in [2.24, 2.45) is 5.41 Å². The quantitative estimate of drug-likeness (QED) is 0.756. The summed E-state index contributed by atoms with van der Waals surface area (Å²) in [5.74, 6) is 0.184. The Bertz CT molecular complexity index is 246. The molecular formula is C13H26N2O2. The van der Waals surface area contributed by atoms with Crippen LogP contribution in [-0.2, 0) is 4.79 Å². The Kier molecular flexibility index (Phi) is 5.40. The van der Waals surface area contributed by atoms with E-state index in [2.05, 4.69) is 19.2 Å². The average molecular weight is 242 g/mol. The number of rotatable bonds is 5. The van der Waals surface area contributed by atoms with E-state index in [0.717, 1.165) is 38.9 Å². The van der Waals surface area contributed by atoms with E-state index in [1.54, 1.807) is 6.92 Å². The summed E-state index contributed by atoms with van der Waals surface area (Å²) in [4.78, 5) is 13.1. The summed E-state index contributed by atoms with van der Waals surface area (Å²) in [6.45, 7) is 8.89. The first-order chi connectivity index (χ1) is 7.94. The van der Waals surface area contributed by atoms with Gasteiger partial charge in [0, 0.05) is 39.2 Å². The molecular weight excluding hydrogens is 216 g/mol. The first-order valence-corrected chi connectivity index (χ1v) is 6.54. The Balaban J connectivity index is 2.24. The molecule has 0 bridgehead atoms. The van der Waals surface area contributed by atoms with Crippen LogP contribution >= 0.6 is 0 Å². The molecule has 0 unspecified atom stereocenters. The molecule has 0 atom stereocenters. The maximum absolute atomic E-state index is 11.2. The first kappa shape index (κ1) is 14.5. The predicted octanol–water partition coefficient (Wildman–Crippen LogP) is 0.995. The lowest BCUT2D eigenvalue weighted by atomic mass is 9.89. The van der Waals surface area contributed by atoms with Crippen LogP contribution in [0.3, 0.4) is 0 Å². The van der Waals surface area contributed by atoms with Crippen molar-refractivity contribution in [3.05, 3.63) is 0 Å². The maximum atomic E-state index is 11.2. The Morgan fingerprint density at radius 1 is 1.41 bits per heavy atom. The van der Waals surface area contributed by atoms with Crippen LogP contribution < -0.4 is 5.32 Å². The molecule has 1 saturated heterocycles. The minimum absolute atomic E-state index is 0.145. The predicted molar refractivity (Wildman–Crippen MR) is 68.8 cm³/mol. The third kappa shape index (κ3) is 5.04. The monoisotopic (exact) mass is 242 g/mol. The van der Waals surface area contributed by atoms with Crippen LogP contribution in [0.4, 0.5) is 0 Å². The summed E-state index contributed by atoms with van der Waals surface area (Å²) < 4.78 is 0. The summed E-state index contributed by atoms with van der Waals surface area (Å²) in [7, 11) is 0. The molecule has 0 aromatic heterocycles. The Morgan fingerprint density at radius 2 is 2.00 bits per heavy atom. The highest BCUT2D eigenvalue weighted by Gasteiger charge is 2.23. The smallest absolute Gasteiger partial charge is 0.219 e. The third-order valence-corrected chi connectivity index (χ3v) is 3.60. The molecule has 4 heteroatoms. The van der Waals surface area contributed by atoms with Gasteiger partial charge in [-0.15, -0.1) is 0 Å². The Morgan fingerprint density at radius 3 is 2.47 bits per heavy atom. The lowest BCUT2D eigenvalue weighted by Gasteiger charge is -2.34. The number of amides is 1. The van der Waals surface area contributed by atoms with Gasteiger partial charge in [-0.2, -0.15) is 0 Å². The number of nitrogens with zero attached hydrogens (tertiary/aromatic N) is 1. The number of nitrogens with one attached hydrogen (secondary N) is 1. The second kappa shape index (κ2) is 6.36. The molecule has 17 heavy (non-hydrogen) atoms. The molecule has 0 saturated carbocycles. The lowest BCUT2D eigenvalue weighted by molar-refractivity contribution is -0.129. The molecule has 4 nitrogen and oxygen atoms in total. The molecule has 1 amide bonds. The average Bonchev–Trinajstić information content (AvgIpc) is 2.27. The van der Waals surface area contributed by atoms with Gasteiger partial charge in [-0.3, -0.25) is 4.79 Å². The fourth-order valence-electron chi connectivity index (χ4n) is 2.21. The van der Waals surface area contributed by atoms with Gasteiger partial charge in [-0.25, -0.2) is 0 Å². The molecule has 0 aromatic rings. The van der Waals surface area contributed by atoms with E-state index in [1.807, 2.05) is 4.90 Å². The molecule has 2 N–H and O–H groups in total. The second-order valence-corrected chi connectivity index (χ2v) is 5.80. The molecule has 0 spiro atoms. The zero-order valence-corrected chi connectivity index (χ0v) is 11.3. The van der Waals surface area contributed by atoms with Gasteiger partial charge in [0.15, 0.2) is 0 Å². The number of carbonyl (C=O) groups is 1. The van der Waals surface area contributed by atoms with Gasteiger partial charge in [0.25, 0.3) is 0 Å². The van der Waals surface area contributed by atoms with Gasteiger partial charge >= 0.3 is 0 Å². The molecule has 0 radical (unpaired) electrons. The Hall–Kier alpha value is -0.610. The number of aliphatic hydroxyl groups excluding tert-OH is 1. The molecule has 1 fully saturated rings. The van der Waals surface area contributed by atoms with Gasteiger partial charge in [0.05, 0.1) is 0 Å². The molecule has 1 aliphatic rings. The van der Waals surface area contributed by atoms with Gasteiger partial charge in [-0.05, 0) is 24.7 Å². The first-order valence-electron chi connectivity index (χ1n) is 6.54. The zero-order chi connectivity index (χ0) is 12.9. The summed E-state index contributed by atoms with van der Waals surface area (Å²) in [5.41, 5.74) is 0.145. The SMILES string of the molecule is CC(=O)N1CCC(NCC(C)(C)CCO)CC1. The summed E-state index contributed by atoms with van der Waals surface area (Å²) in [6, 6.07) is 0.517. The molecule has 0 aliphatic carbocycles. The minimum Gasteiger partial charge on any atom is -0.396 e. The number of piperidine rings is 1. The van der Waals surface area contributed by atoms with Crippen LogP contribution in [0.1, 0.15) is 40.0 Å². The number of hydrogen-bond donors (Lipinski definition) is 2.